The van der Waals surface area contributed by atoms with E-state index in [0.29, 0.717) is 22.2 Å². The lowest BCUT2D eigenvalue weighted by atomic mass is 9.94. The molecule has 0 spiro atoms. The van der Waals surface area contributed by atoms with E-state index in [-0.39, 0.29) is 49.1 Å². The van der Waals surface area contributed by atoms with Crippen LogP contribution in [0.15, 0.2) is 35.5 Å². The number of aromatic nitrogens is 1. The van der Waals surface area contributed by atoms with Gasteiger partial charge in [-0.05, 0) is 11.8 Å². The maximum atomic E-state index is 14.2. The van der Waals surface area contributed by atoms with Crippen molar-refractivity contribution >= 4 is 141 Å². The van der Waals surface area contributed by atoms with E-state index < -0.39 is 287 Å². The molecule has 2 aromatic rings. The van der Waals surface area contributed by atoms with Crippen molar-refractivity contribution in [1.82, 2.24) is 78.2 Å². The average molecular weight is 1680 g/mol. The number of benzene rings is 1. The molecular formula is C71H109N19O24S2. The Morgan fingerprint density at radius 2 is 1.08 bits per heavy atom. The number of aliphatic hydroxyl groups excluding tert-OH is 6. The maximum Gasteiger partial charge on any atom is 0.246 e. The number of ketones is 1. The summed E-state index contributed by atoms with van der Waals surface area (Å²) in [5, 5.41) is 92.5. The number of aliphatic hydroxyl groups is 6. The molecule has 19 atom stereocenters. The highest BCUT2D eigenvalue weighted by Gasteiger charge is 2.47. The summed E-state index contributed by atoms with van der Waals surface area (Å²) in [6.07, 6.45) is -5.38. The number of rotatable bonds is 24. The standard InChI is InChI=1S/C40H57N9O12S.C31H52N10O12S/c1-4-20(2)9-33(56)43-13-24(51)10-23-19-62-40-26-8-6-5-7-22(26)15-48(40)17-28(36(58)44-14-32(42)55)46-38(60)34(21(3)30(53)18-50)47-37(59)29-11-25(52)16-49(29)39(61)27(12-31(41)54)45-35(23)57;1-4-13(2)24-29(51)35-8-22(46)36-18(12-54)27(49)37-16(6-21(33)45)31(53)41-10-15(43)5-19(41)28(50)40-25(14(3)20(44)11-42)30(52)38-17(7-32)26(48)34-9-23(47)39-24/h5-8,15,20-21,23,25,27-30,34,50,52-53H,4,9-14,16-19H2,1-3H3,(H2,41,54)(H2,42,55)(H,43,56)(H,44,58)(H,45,57)(H,46,60)(H,47,59);13-20,24-25,42-44,54H,4-12,32H2,1-3H3,(H2,33,45)(H,34,48)(H,35,51)(H,36,46)(H,37,49)(H,38,52)(H,39,47)(H,40,50)/t20?,21?,23-,25?,27?,28?,29?,30?,34?;/m0./s1. The molecule has 1 aromatic carbocycles. The van der Waals surface area contributed by atoms with Gasteiger partial charge in [0.15, 0.2) is 5.78 Å². The van der Waals surface area contributed by atoms with Gasteiger partial charge in [0, 0.05) is 85.6 Å². The van der Waals surface area contributed by atoms with Crippen LogP contribution in [-0.2, 0) is 92.8 Å². The summed E-state index contributed by atoms with van der Waals surface area (Å²) < 4.78 is 1.61. The Kier molecular flexibility index (Phi) is 38.2. The molecule has 0 aliphatic carbocycles. The molecule has 45 heteroatoms. The lowest BCUT2D eigenvalue weighted by molar-refractivity contribution is -0.144. The van der Waals surface area contributed by atoms with Crippen molar-refractivity contribution in [2.75, 3.05) is 70.5 Å². The third kappa shape index (κ3) is 28.1. The number of hydrogen-bond acceptors (Lipinski definition) is 27. The summed E-state index contributed by atoms with van der Waals surface area (Å²) in [6.45, 7) is 4.14. The predicted molar refractivity (Wildman–Crippen MR) is 413 cm³/mol. The largest absolute Gasteiger partial charge is 0.394 e. The van der Waals surface area contributed by atoms with Gasteiger partial charge in [0.25, 0.3) is 0 Å². The zero-order valence-electron chi connectivity index (χ0n) is 65.0. The van der Waals surface area contributed by atoms with E-state index in [2.05, 4.69) is 76.4 Å². The molecule has 4 aliphatic rings. The third-order valence-corrected chi connectivity index (χ3v) is 21.8. The quantitative estimate of drug-likeness (QED) is 0.0434. The van der Waals surface area contributed by atoms with Crippen LogP contribution in [0.4, 0.5) is 0 Å². The van der Waals surface area contributed by atoms with Crippen molar-refractivity contribution in [1.29, 1.82) is 0 Å². The van der Waals surface area contributed by atoms with Gasteiger partial charge in [-0.2, -0.15) is 12.6 Å². The summed E-state index contributed by atoms with van der Waals surface area (Å²) in [5.41, 5.74) is 21.9. The minimum absolute atomic E-state index is 0.0634. The van der Waals surface area contributed by atoms with Gasteiger partial charge in [0.05, 0.1) is 94.1 Å². The van der Waals surface area contributed by atoms with Gasteiger partial charge in [0.2, 0.25) is 100 Å². The van der Waals surface area contributed by atoms with Crippen LogP contribution in [0.5, 0.6) is 0 Å². The first-order chi connectivity index (χ1) is 54.7. The number of thioether (sulfide) groups is 1. The fraction of sp³-hybridized carbons (Fsp3) is 0.634. The molecule has 3 saturated heterocycles. The monoisotopic (exact) mass is 1680 g/mol. The Labute approximate surface area is 676 Å². The first-order valence-corrected chi connectivity index (χ1v) is 39.3. The average Bonchev–Trinajstić information content (AvgIpc) is 1.65. The number of thiol groups is 1. The van der Waals surface area contributed by atoms with Crippen molar-refractivity contribution in [3.63, 3.8) is 0 Å². The van der Waals surface area contributed by atoms with E-state index in [1.165, 1.54) is 13.8 Å². The first-order valence-electron chi connectivity index (χ1n) is 37.6. The van der Waals surface area contributed by atoms with Crippen LogP contribution in [0.1, 0.15) is 92.9 Å². The van der Waals surface area contributed by atoms with Crippen LogP contribution >= 0.6 is 24.4 Å². The smallest absolute Gasteiger partial charge is 0.246 e. The minimum atomic E-state index is -1.71. The van der Waals surface area contributed by atoms with E-state index in [4.69, 9.17) is 22.9 Å². The molecule has 116 heavy (non-hydrogen) atoms. The molecular weight excluding hydrogens is 1570 g/mol. The molecule has 644 valence electrons. The Morgan fingerprint density at radius 3 is 1.58 bits per heavy atom. The number of nitrogens with zero attached hydrogens (tertiary/aromatic N) is 3. The fourth-order valence-corrected chi connectivity index (χ4v) is 14.4. The molecule has 0 bridgehead atoms. The Bertz CT molecular complexity index is 3910. The molecule has 0 saturated carbocycles. The number of carbonyl (C=O) groups excluding carboxylic acids is 18. The van der Waals surface area contributed by atoms with Crippen LogP contribution in [0.3, 0.4) is 0 Å². The van der Waals surface area contributed by atoms with E-state index in [9.17, 15) is 117 Å². The molecule has 1 aromatic heterocycles. The summed E-state index contributed by atoms with van der Waals surface area (Å²) in [6, 6.07) is -8.26. The molecule has 26 N–H and O–H groups in total. The third-order valence-electron chi connectivity index (χ3n) is 20.1. The molecule has 18 unspecified atom stereocenters. The maximum absolute atomic E-state index is 14.2. The number of amides is 17. The predicted octanol–water partition coefficient (Wildman–Crippen LogP) is -10.8. The molecule has 0 radical (unpaired) electrons. The zero-order chi connectivity index (χ0) is 86.7. The first kappa shape index (κ1) is 96.4. The van der Waals surface area contributed by atoms with E-state index in [1.54, 1.807) is 48.9 Å². The van der Waals surface area contributed by atoms with E-state index in [0.717, 1.165) is 28.0 Å². The van der Waals surface area contributed by atoms with Gasteiger partial charge in [0.1, 0.15) is 60.4 Å². The number of carbonyl (C=O) groups is 18. The summed E-state index contributed by atoms with van der Waals surface area (Å²) in [5.74, 6) is -20.5. The highest BCUT2D eigenvalue weighted by atomic mass is 32.2. The Hall–Kier alpha value is -10.2. The Balaban J connectivity index is 0.000000418. The number of nitrogens with two attached hydrogens (primary N) is 4. The SMILES string of the molecule is CCC(C)C1NC(=O)CNC(=O)C(CN)NC(=O)C(C(C)C(O)CO)NC(=O)C2CC(O)CN2C(=O)C(CC(N)=O)NC(=O)C(CS)NC(=O)CNC1=O.CCC(C)CC(=O)NCC(=O)C[C@H]1CSc2c3ccccc3cn2CC(C(=O)NCC(N)=O)NC(=O)C(C(C)C(O)CO)NC(=O)C2CC(O)CN2C(=O)C(CC(N)=O)NC1=O. The van der Waals surface area contributed by atoms with E-state index >= 15 is 0 Å². The van der Waals surface area contributed by atoms with Gasteiger partial charge < -0.3 is 132 Å². The Morgan fingerprint density at radius 1 is 0.569 bits per heavy atom. The van der Waals surface area contributed by atoms with Crippen LogP contribution in [0, 0.1) is 29.6 Å². The molecule has 3 fully saturated rings. The van der Waals surface area contributed by atoms with Crippen molar-refractivity contribution in [2.24, 2.45) is 52.5 Å². The second-order valence-electron chi connectivity index (χ2n) is 29.1. The normalized spacial score (nSPS) is 26.5. The second kappa shape index (κ2) is 46.0. The lowest BCUT2D eigenvalue weighted by Crippen LogP contribution is -2.62. The molecule has 4 aliphatic heterocycles. The van der Waals surface area contributed by atoms with Crippen LogP contribution in [0.25, 0.3) is 10.8 Å². The highest BCUT2D eigenvalue weighted by molar-refractivity contribution is 7.99. The van der Waals surface area contributed by atoms with Crippen molar-refractivity contribution in [3.05, 3.63) is 30.5 Å². The number of Topliss-reactive ketones (excluding diaryl/α,β-unsaturated/α-hetero) is 1. The lowest BCUT2D eigenvalue weighted by Gasteiger charge is -2.32. The topological polar surface area (TPSA) is 688 Å². The fourth-order valence-electron chi connectivity index (χ4n) is 12.9. The van der Waals surface area contributed by atoms with Crippen molar-refractivity contribution in [3.8, 4) is 0 Å². The number of hydrogen-bond donors (Lipinski definition) is 23. The summed E-state index contributed by atoms with van der Waals surface area (Å²) in [7, 11) is 0. The van der Waals surface area contributed by atoms with Crippen molar-refractivity contribution < 1.29 is 117 Å². The molecule has 6 rings (SSSR count). The van der Waals surface area contributed by atoms with Gasteiger partial charge in [-0.3, -0.25) is 86.3 Å². The van der Waals surface area contributed by atoms with E-state index in [1.807, 2.05) is 13.8 Å². The highest BCUT2D eigenvalue weighted by Crippen LogP contribution is 2.33. The van der Waals surface area contributed by atoms with Gasteiger partial charge in [-0.25, -0.2) is 0 Å². The van der Waals surface area contributed by atoms with Gasteiger partial charge in [-0.15, -0.1) is 11.8 Å². The van der Waals surface area contributed by atoms with Crippen LogP contribution < -0.4 is 86.7 Å². The molecule has 17 amide bonds. The number of nitrogens with one attached hydrogen (secondary N) is 12. The minimum Gasteiger partial charge on any atom is -0.394 e. The summed E-state index contributed by atoms with van der Waals surface area (Å²) in [4.78, 5) is 240. The van der Waals surface area contributed by atoms with Crippen molar-refractivity contribution in [2.45, 2.75) is 189 Å². The summed E-state index contributed by atoms with van der Waals surface area (Å²) >= 11 is 5.18. The number of primary amides is 3. The van der Waals surface area contributed by atoms with Gasteiger partial charge in [-0.1, -0.05) is 78.6 Å². The molecule has 5 heterocycles. The van der Waals surface area contributed by atoms with Crippen LogP contribution in [-0.4, -0.2) is 307 Å². The second-order valence-corrected chi connectivity index (χ2v) is 30.4. The van der Waals surface area contributed by atoms with Crippen LogP contribution in [0.2, 0.25) is 0 Å². The number of fused-ring (bicyclic) bond motifs is 5. The van der Waals surface area contributed by atoms with Gasteiger partial charge >= 0.3 is 0 Å². The molecule has 43 nitrogen and oxygen atoms in total. The zero-order valence-corrected chi connectivity index (χ0v) is 66.7.